The normalized spacial score (nSPS) is 12.6. The number of rotatable bonds is 6. The van der Waals surface area contributed by atoms with Crippen molar-refractivity contribution in [3.8, 4) is 0 Å². The van der Waals surface area contributed by atoms with Crippen LogP contribution in [0.3, 0.4) is 0 Å². The predicted octanol–water partition coefficient (Wildman–Crippen LogP) is 4.85. The lowest BCUT2D eigenvalue weighted by Gasteiger charge is -2.19. The molecule has 3 nitrogen and oxygen atoms in total. The number of benzene rings is 2. The second kappa shape index (κ2) is 9.09. The third-order valence-corrected chi connectivity index (χ3v) is 4.88. The Kier molecular flexibility index (Phi) is 6.56. The number of pyridine rings is 1. The molecule has 0 aliphatic carbocycles. The molecule has 0 aliphatic heterocycles. The highest BCUT2D eigenvalue weighted by Gasteiger charge is 2.29. The first-order valence-electron chi connectivity index (χ1n) is 8.26. The van der Waals surface area contributed by atoms with Gasteiger partial charge in [0.25, 0.3) is 0 Å². The van der Waals surface area contributed by atoms with Gasteiger partial charge in [0.1, 0.15) is 0 Å². The number of ketones is 1. The molecule has 0 N–H and O–H groups in total. The number of nitrogens with zero attached hydrogens (tertiary/aromatic N) is 2. The van der Waals surface area contributed by atoms with Crippen LogP contribution in [0.15, 0.2) is 84.1 Å². The number of halogens is 2. The lowest BCUT2D eigenvalue weighted by molar-refractivity contribution is -0.691. The van der Waals surface area contributed by atoms with Gasteiger partial charge in [0.15, 0.2) is 12.4 Å². The summed E-state index contributed by atoms with van der Waals surface area (Å²) in [5.74, 6) is -0.227. The van der Waals surface area contributed by atoms with Crippen LogP contribution in [0.4, 0.5) is 0 Å². The zero-order valence-corrected chi connectivity index (χ0v) is 16.6. The Morgan fingerprint density at radius 3 is 2.33 bits per heavy atom. The summed E-state index contributed by atoms with van der Waals surface area (Å²) in [6.45, 7) is 0.408. The van der Waals surface area contributed by atoms with Crippen molar-refractivity contribution in [2.75, 3.05) is 0 Å². The molecule has 3 aromatic rings. The highest BCUT2D eigenvalue weighted by Crippen LogP contribution is 2.24. The number of carbonyl (C=O) groups is 1. The van der Waals surface area contributed by atoms with E-state index in [0.29, 0.717) is 27.2 Å². The molecule has 2 aromatic carbocycles. The van der Waals surface area contributed by atoms with Crippen molar-refractivity contribution >= 4 is 46.7 Å². The van der Waals surface area contributed by atoms with Gasteiger partial charge in [0, 0.05) is 22.7 Å². The molecular weight excluding hydrogens is 399 g/mol. The van der Waals surface area contributed by atoms with E-state index >= 15 is 0 Å². The summed E-state index contributed by atoms with van der Waals surface area (Å²) in [6, 6.07) is 19.3. The van der Waals surface area contributed by atoms with Crippen molar-refractivity contribution in [1.82, 2.24) is 0 Å². The van der Waals surface area contributed by atoms with Crippen LogP contribution in [0.5, 0.6) is 0 Å². The van der Waals surface area contributed by atoms with E-state index < -0.39 is 6.04 Å². The number of Topliss-reactive ketones (excluding diaryl/α,β-unsaturated/α-hetero) is 1. The van der Waals surface area contributed by atoms with Gasteiger partial charge in [-0.05, 0) is 28.8 Å². The highest BCUT2D eigenvalue weighted by atomic mass is 35.5. The highest BCUT2D eigenvalue weighted by molar-refractivity contribution is 7.77. The maximum Gasteiger partial charge on any atom is 0.237 e. The number of hydrogen-bond acceptors (Lipinski definition) is 3. The molecule has 0 aliphatic rings. The van der Waals surface area contributed by atoms with Crippen molar-refractivity contribution in [1.29, 1.82) is 0 Å². The molecule has 1 unspecified atom stereocenters. The number of aromatic nitrogens is 1. The summed E-state index contributed by atoms with van der Waals surface area (Å²) < 4.78 is 1.74. The topological polar surface area (TPSA) is 33.3 Å². The smallest absolute Gasteiger partial charge is 0.237 e. The summed E-state index contributed by atoms with van der Waals surface area (Å²) in [4.78, 5) is 17.7. The molecular formula is C21H16Cl2N2OS. The van der Waals surface area contributed by atoms with Crippen LogP contribution in [0.1, 0.15) is 22.0 Å². The van der Waals surface area contributed by atoms with Gasteiger partial charge >= 0.3 is 0 Å². The zero-order chi connectivity index (χ0) is 19.2. The third-order valence-electron chi connectivity index (χ3n) is 3.98. The SMILES string of the molecule is O=C(c1ccc(Cl)cc1Cl)C(C([S-])=NCc1ccccc1)[n+]1ccccc1. The molecule has 0 radical (unpaired) electrons. The van der Waals surface area contributed by atoms with Gasteiger partial charge in [-0.2, -0.15) is 4.57 Å². The van der Waals surface area contributed by atoms with E-state index in [0.717, 1.165) is 5.56 Å². The zero-order valence-electron chi connectivity index (χ0n) is 14.3. The van der Waals surface area contributed by atoms with Gasteiger partial charge in [-0.25, -0.2) is 0 Å². The van der Waals surface area contributed by atoms with E-state index in [1.165, 1.54) is 0 Å². The van der Waals surface area contributed by atoms with Crippen molar-refractivity contribution in [3.63, 3.8) is 0 Å². The molecule has 27 heavy (non-hydrogen) atoms. The maximum absolute atomic E-state index is 13.2. The van der Waals surface area contributed by atoms with E-state index in [4.69, 9.17) is 35.8 Å². The fourth-order valence-electron chi connectivity index (χ4n) is 2.63. The Balaban J connectivity index is 1.97. The third kappa shape index (κ3) is 4.92. The van der Waals surface area contributed by atoms with Crippen LogP contribution >= 0.6 is 23.2 Å². The second-order valence-electron chi connectivity index (χ2n) is 5.85. The quantitative estimate of drug-likeness (QED) is 0.190. The standard InChI is InChI=1S/C21H16Cl2N2OS/c22-16-9-10-17(18(23)13-16)20(26)19(25-11-5-2-6-12-25)21(27)24-14-15-7-3-1-4-8-15/h1-13,19H,14H2. The van der Waals surface area contributed by atoms with Gasteiger partial charge in [-0.1, -0.05) is 59.6 Å². The Morgan fingerprint density at radius 2 is 1.67 bits per heavy atom. The Bertz CT molecular complexity index is 962. The molecule has 3 rings (SSSR count). The average Bonchev–Trinajstić information content (AvgIpc) is 2.68. The summed E-state index contributed by atoms with van der Waals surface area (Å²) in [6.07, 6.45) is 3.58. The largest absolute Gasteiger partial charge is 0.758 e. The number of hydrogen-bond donors (Lipinski definition) is 0. The molecule has 0 amide bonds. The minimum atomic E-state index is -0.761. The van der Waals surface area contributed by atoms with Crippen LogP contribution in [0, 0.1) is 0 Å². The van der Waals surface area contributed by atoms with Crippen molar-refractivity contribution in [2.45, 2.75) is 12.6 Å². The average molecular weight is 415 g/mol. The Labute approximate surface area is 173 Å². The van der Waals surface area contributed by atoms with Gasteiger partial charge in [0.05, 0.1) is 11.6 Å². The van der Waals surface area contributed by atoms with Gasteiger partial charge in [-0.3, -0.25) is 4.79 Å². The monoisotopic (exact) mass is 414 g/mol. The van der Waals surface area contributed by atoms with Crippen LogP contribution in [0.25, 0.3) is 0 Å². The fourth-order valence-corrected chi connectivity index (χ4v) is 3.43. The molecule has 0 bridgehead atoms. The maximum atomic E-state index is 13.2. The molecule has 0 saturated heterocycles. The Hall–Kier alpha value is -2.27. The number of aliphatic imine (C=N–C) groups is 1. The predicted molar refractivity (Wildman–Crippen MR) is 111 cm³/mol. The van der Waals surface area contributed by atoms with E-state index in [-0.39, 0.29) is 5.78 Å². The van der Waals surface area contributed by atoms with Crippen molar-refractivity contribution in [3.05, 3.63) is 100 Å². The minimum absolute atomic E-state index is 0.227. The lowest BCUT2D eigenvalue weighted by Crippen LogP contribution is -2.47. The molecule has 1 atom stereocenters. The first-order chi connectivity index (χ1) is 13.1. The minimum Gasteiger partial charge on any atom is -0.758 e. The summed E-state index contributed by atoms with van der Waals surface area (Å²) in [5, 5.41) is 1.06. The first-order valence-corrected chi connectivity index (χ1v) is 9.43. The van der Waals surface area contributed by atoms with Crippen molar-refractivity contribution in [2.24, 2.45) is 4.99 Å². The van der Waals surface area contributed by atoms with Crippen LogP contribution in [0.2, 0.25) is 10.0 Å². The molecule has 0 saturated carbocycles. The van der Waals surface area contributed by atoms with Crippen molar-refractivity contribution < 1.29 is 9.36 Å². The number of carbonyl (C=O) groups excluding carboxylic acids is 1. The van der Waals surface area contributed by atoms with Crippen LogP contribution < -0.4 is 4.57 Å². The lowest BCUT2D eigenvalue weighted by atomic mass is 10.0. The molecule has 136 valence electrons. The molecule has 0 fully saturated rings. The summed E-state index contributed by atoms with van der Waals surface area (Å²) in [7, 11) is 0. The van der Waals surface area contributed by atoms with Crippen LogP contribution in [-0.2, 0) is 19.2 Å². The summed E-state index contributed by atoms with van der Waals surface area (Å²) >= 11 is 17.7. The van der Waals surface area contributed by atoms with E-state index in [9.17, 15) is 4.79 Å². The molecule has 1 heterocycles. The van der Waals surface area contributed by atoms with Gasteiger partial charge in [0.2, 0.25) is 11.8 Å². The summed E-state index contributed by atoms with van der Waals surface area (Å²) in [5.41, 5.74) is 1.38. The van der Waals surface area contributed by atoms with Gasteiger partial charge in [-0.15, -0.1) is 0 Å². The molecule has 1 aromatic heterocycles. The second-order valence-corrected chi connectivity index (χ2v) is 7.12. The van der Waals surface area contributed by atoms with E-state index in [2.05, 4.69) is 4.99 Å². The van der Waals surface area contributed by atoms with E-state index in [1.807, 2.05) is 48.5 Å². The molecule has 0 spiro atoms. The Morgan fingerprint density at radius 1 is 1.00 bits per heavy atom. The van der Waals surface area contributed by atoms with Gasteiger partial charge < -0.3 is 17.6 Å². The van der Waals surface area contributed by atoms with Crippen LogP contribution in [-0.4, -0.2) is 10.8 Å². The first kappa shape index (κ1) is 19.5. The fraction of sp³-hybridized carbons (Fsp3) is 0.0952. The molecule has 6 heteroatoms. The van der Waals surface area contributed by atoms with E-state index in [1.54, 1.807) is 35.2 Å².